The van der Waals surface area contributed by atoms with Gasteiger partial charge in [-0.25, -0.2) is 0 Å². The van der Waals surface area contributed by atoms with E-state index >= 15 is 0 Å². The van der Waals surface area contributed by atoms with Gasteiger partial charge >= 0.3 is 0 Å². The van der Waals surface area contributed by atoms with E-state index in [1.807, 2.05) is 49.4 Å². The van der Waals surface area contributed by atoms with Gasteiger partial charge in [-0.3, -0.25) is 4.79 Å². The third-order valence-electron chi connectivity index (χ3n) is 3.82. The minimum absolute atomic E-state index is 0.213. The van der Waals surface area contributed by atoms with Crippen molar-refractivity contribution in [3.8, 4) is 11.5 Å². The SMILES string of the molecule is C=C(C)COc1cccc(NC(=O)C(C)Oc2ccc(C(C)C)cc2)c1. The first-order valence-corrected chi connectivity index (χ1v) is 8.80. The Morgan fingerprint density at radius 1 is 1.08 bits per heavy atom. The number of hydrogen-bond donors (Lipinski definition) is 1. The molecule has 0 bridgehead atoms. The Morgan fingerprint density at radius 2 is 1.77 bits per heavy atom. The average Bonchev–Trinajstić information content (AvgIpc) is 2.60. The summed E-state index contributed by atoms with van der Waals surface area (Å²) >= 11 is 0. The van der Waals surface area contributed by atoms with Gasteiger partial charge in [-0.1, -0.05) is 38.6 Å². The predicted molar refractivity (Wildman–Crippen MR) is 106 cm³/mol. The molecule has 2 rings (SSSR count). The van der Waals surface area contributed by atoms with E-state index in [0.29, 0.717) is 29.7 Å². The molecule has 0 saturated heterocycles. The molecule has 1 amide bonds. The van der Waals surface area contributed by atoms with Gasteiger partial charge in [0.1, 0.15) is 18.1 Å². The monoisotopic (exact) mass is 353 g/mol. The number of nitrogens with one attached hydrogen (secondary N) is 1. The molecule has 0 spiro atoms. The first kappa shape index (κ1) is 19.6. The van der Waals surface area contributed by atoms with Crippen LogP contribution in [0.4, 0.5) is 5.69 Å². The summed E-state index contributed by atoms with van der Waals surface area (Å²) in [6, 6.07) is 15.1. The molecule has 4 nitrogen and oxygen atoms in total. The third kappa shape index (κ3) is 5.96. The summed E-state index contributed by atoms with van der Waals surface area (Å²) in [5.41, 5.74) is 2.84. The van der Waals surface area contributed by atoms with Crippen LogP contribution in [0.15, 0.2) is 60.7 Å². The molecule has 2 aromatic carbocycles. The van der Waals surface area contributed by atoms with Crippen LogP contribution in [0.1, 0.15) is 39.2 Å². The lowest BCUT2D eigenvalue weighted by Gasteiger charge is -2.16. The Morgan fingerprint density at radius 3 is 2.38 bits per heavy atom. The molecule has 2 aromatic rings. The molecule has 0 aromatic heterocycles. The zero-order chi connectivity index (χ0) is 19.1. The summed E-state index contributed by atoms with van der Waals surface area (Å²) in [5.74, 6) is 1.61. The summed E-state index contributed by atoms with van der Waals surface area (Å²) in [6.07, 6.45) is -0.611. The Balaban J connectivity index is 1.94. The van der Waals surface area contributed by atoms with Gasteiger partial charge in [0.25, 0.3) is 5.91 Å². The maximum Gasteiger partial charge on any atom is 0.265 e. The summed E-state index contributed by atoms with van der Waals surface area (Å²) in [7, 11) is 0. The van der Waals surface area contributed by atoms with Gasteiger partial charge in [0.05, 0.1) is 0 Å². The number of carbonyl (C=O) groups excluding carboxylic acids is 1. The van der Waals surface area contributed by atoms with E-state index in [9.17, 15) is 4.79 Å². The van der Waals surface area contributed by atoms with Crippen molar-refractivity contribution in [1.82, 2.24) is 0 Å². The van der Waals surface area contributed by atoms with Crippen molar-refractivity contribution in [2.45, 2.75) is 39.7 Å². The topological polar surface area (TPSA) is 47.6 Å². The minimum atomic E-state index is -0.611. The maximum atomic E-state index is 12.4. The van der Waals surface area contributed by atoms with Crippen LogP contribution in [0.2, 0.25) is 0 Å². The van der Waals surface area contributed by atoms with Crippen LogP contribution in [0.5, 0.6) is 11.5 Å². The highest BCUT2D eigenvalue weighted by Crippen LogP contribution is 2.21. The third-order valence-corrected chi connectivity index (χ3v) is 3.82. The lowest BCUT2D eigenvalue weighted by atomic mass is 10.0. The van der Waals surface area contributed by atoms with Crippen molar-refractivity contribution in [3.05, 3.63) is 66.2 Å². The Labute approximate surface area is 155 Å². The highest BCUT2D eigenvalue weighted by atomic mass is 16.5. The molecule has 1 unspecified atom stereocenters. The van der Waals surface area contributed by atoms with E-state index in [1.54, 1.807) is 13.0 Å². The van der Waals surface area contributed by atoms with Crippen molar-refractivity contribution in [1.29, 1.82) is 0 Å². The van der Waals surface area contributed by atoms with Crippen LogP contribution < -0.4 is 14.8 Å². The second-order valence-corrected chi connectivity index (χ2v) is 6.75. The fourth-order valence-electron chi connectivity index (χ4n) is 2.30. The molecular weight excluding hydrogens is 326 g/mol. The standard InChI is InChI=1S/C22H27NO3/c1-15(2)14-25-21-8-6-7-19(13-21)23-22(24)17(5)26-20-11-9-18(10-12-20)16(3)4/h6-13,16-17H,1,14H2,2-5H3,(H,23,24). The van der Waals surface area contributed by atoms with Gasteiger partial charge in [0.15, 0.2) is 6.10 Å². The van der Waals surface area contributed by atoms with Crippen LogP contribution in [-0.2, 0) is 4.79 Å². The van der Waals surface area contributed by atoms with Crippen LogP contribution in [-0.4, -0.2) is 18.6 Å². The maximum absolute atomic E-state index is 12.4. The van der Waals surface area contributed by atoms with E-state index in [2.05, 4.69) is 25.7 Å². The lowest BCUT2D eigenvalue weighted by Crippen LogP contribution is -2.30. The Bertz CT molecular complexity index is 750. The fourth-order valence-corrected chi connectivity index (χ4v) is 2.30. The lowest BCUT2D eigenvalue weighted by molar-refractivity contribution is -0.122. The summed E-state index contributed by atoms with van der Waals surface area (Å²) in [4.78, 5) is 12.4. The molecule has 1 N–H and O–H groups in total. The highest BCUT2D eigenvalue weighted by Gasteiger charge is 2.15. The fraction of sp³-hybridized carbons (Fsp3) is 0.318. The largest absolute Gasteiger partial charge is 0.489 e. The molecule has 0 heterocycles. The molecule has 26 heavy (non-hydrogen) atoms. The molecule has 0 aliphatic carbocycles. The average molecular weight is 353 g/mol. The number of carbonyl (C=O) groups is 1. The van der Waals surface area contributed by atoms with Crippen molar-refractivity contribution >= 4 is 11.6 Å². The molecule has 0 fully saturated rings. The number of amides is 1. The van der Waals surface area contributed by atoms with E-state index in [0.717, 1.165) is 5.57 Å². The van der Waals surface area contributed by atoms with Crippen LogP contribution in [0, 0.1) is 0 Å². The normalized spacial score (nSPS) is 11.7. The van der Waals surface area contributed by atoms with Gasteiger partial charge in [-0.15, -0.1) is 0 Å². The molecule has 0 radical (unpaired) electrons. The minimum Gasteiger partial charge on any atom is -0.489 e. The highest BCUT2D eigenvalue weighted by molar-refractivity contribution is 5.94. The zero-order valence-electron chi connectivity index (χ0n) is 15.9. The van der Waals surface area contributed by atoms with Crippen LogP contribution >= 0.6 is 0 Å². The predicted octanol–water partition coefficient (Wildman–Crippen LogP) is 5.17. The van der Waals surface area contributed by atoms with E-state index in [1.165, 1.54) is 5.56 Å². The van der Waals surface area contributed by atoms with Crippen LogP contribution in [0.3, 0.4) is 0 Å². The number of benzene rings is 2. The van der Waals surface area contributed by atoms with Crippen molar-refractivity contribution in [2.24, 2.45) is 0 Å². The van der Waals surface area contributed by atoms with Gasteiger partial charge in [0.2, 0.25) is 0 Å². The van der Waals surface area contributed by atoms with E-state index in [4.69, 9.17) is 9.47 Å². The molecule has 0 saturated carbocycles. The molecule has 0 aliphatic heterocycles. The molecule has 1 atom stereocenters. The van der Waals surface area contributed by atoms with Gasteiger partial charge in [-0.05, 0) is 55.2 Å². The smallest absolute Gasteiger partial charge is 0.265 e. The summed E-state index contributed by atoms with van der Waals surface area (Å²) in [5, 5.41) is 2.85. The van der Waals surface area contributed by atoms with Gasteiger partial charge in [-0.2, -0.15) is 0 Å². The quantitative estimate of drug-likeness (QED) is 0.666. The summed E-state index contributed by atoms with van der Waals surface area (Å²) < 4.78 is 11.3. The summed E-state index contributed by atoms with van der Waals surface area (Å²) in [6.45, 7) is 12.2. The molecule has 0 aliphatic rings. The Hall–Kier alpha value is -2.75. The van der Waals surface area contributed by atoms with Gasteiger partial charge < -0.3 is 14.8 Å². The zero-order valence-corrected chi connectivity index (χ0v) is 15.9. The molecular formula is C22H27NO3. The number of anilines is 1. The molecule has 138 valence electrons. The second-order valence-electron chi connectivity index (χ2n) is 6.75. The van der Waals surface area contributed by atoms with Crippen molar-refractivity contribution in [2.75, 3.05) is 11.9 Å². The Kier molecular flexibility index (Phi) is 6.84. The van der Waals surface area contributed by atoms with Gasteiger partial charge in [0, 0.05) is 11.8 Å². The number of hydrogen-bond acceptors (Lipinski definition) is 3. The number of rotatable bonds is 8. The van der Waals surface area contributed by atoms with E-state index < -0.39 is 6.10 Å². The number of ether oxygens (including phenoxy) is 2. The second kappa shape index (κ2) is 9.09. The first-order chi connectivity index (χ1) is 12.3. The van der Waals surface area contributed by atoms with Crippen molar-refractivity contribution < 1.29 is 14.3 Å². The van der Waals surface area contributed by atoms with Crippen molar-refractivity contribution in [3.63, 3.8) is 0 Å². The first-order valence-electron chi connectivity index (χ1n) is 8.80. The van der Waals surface area contributed by atoms with E-state index in [-0.39, 0.29) is 5.91 Å². The molecule has 4 heteroatoms. The van der Waals surface area contributed by atoms with Crippen LogP contribution in [0.25, 0.3) is 0 Å².